The molecule has 2 fully saturated rings. The summed E-state index contributed by atoms with van der Waals surface area (Å²) in [5, 5.41) is 0. The monoisotopic (exact) mass is 583 g/mol. The summed E-state index contributed by atoms with van der Waals surface area (Å²) in [6.45, 7) is 4.22. The van der Waals surface area contributed by atoms with E-state index in [1.54, 1.807) is 24.2 Å². The first-order valence-corrected chi connectivity index (χ1v) is 14.2. The topological polar surface area (TPSA) is 182 Å². The third-order valence-electron chi connectivity index (χ3n) is 8.54. The Bertz CT molecular complexity index is 1670. The molecule has 3 heterocycles. The number of hydrogen-bond acceptors (Lipinski definition) is 7. The average Bonchev–Trinajstić information content (AvgIpc) is 3.35. The number of nitrogens with zero attached hydrogens (tertiary/aromatic N) is 3. The Morgan fingerprint density at radius 3 is 2.00 bits per heavy atom. The molecule has 1 saturated carbocycles. The normalized spacial score (nSPS) is 19.5. The molecule has 6 rings (SSSR count). The lowest BCUT2D eigenvalue weighted by Gasteiger charge is -2.39. The van der Waals surface area contributed by atoms with Crippen LogP contribution < -0.4 is 16.2 Å². The Morgan fingerprint density at radius 2 is 1.44 bits per heavy atom. The molecule has 43 heavy (non-hydrogen) atoms. The van der Waals surface area contributed by atoms with Crippen LogP contribution in [0.3, 0.4) is 0 Å². The van der Waals surface area contributed by atoms with Crippen LogP contribution in [-0.4, -0.2) is 55.1 Å². The number of imidazole rings is 2. The largest absolute Gasteiger partial charge is 0.433 e. The first-order valence-electron chi connectivity index (χ1n) is 14.2. The van der Waals surface area contributed by atoms with Crippen molar-refractivity contribution in [3.05, 3.63) is 66.7 Å². The summed E-state index contributed by atoms with van der Waals surface area (Å²) in [7, 11) is 0. The van der Waals surface area contributed by atoms with Gasteiger partial charge in [0.1, 0.15) is 5.82 Å². The number of carbonyl (C=O) groups is 3. The van der Waals surface area contributed by atoms with Crippen molar-refractivity contribution in [3.63, 3.8) is 0 Å². The van der Waals surface area contributed by atoms with Crippen LogP contribution in [0.1, 0.15) is 45.4 Å². The number of carbonyl (C=O) groups excluding carboxylic acids is 3. The van der Waals surface area contributed by atoms with Crippen LogP contribution in [0.15, 0.2) is 60.9 Å². The van der Waals surface area contributed by atoms with E-state index in [2.05, 4.69) is 15.0 Å². The van der Waals surface area contributed by atoms with Gasteiger partial charge in [-0.3, -0.25) is 4.79 Å². The molecule has 2 atom stereocenters. The van der Waals surface area contributed by atoms with Crippen molar-refractivity contribution in [2.75, 3.05) is 6.54 Å². The van der Waals surface area contributed by atoms with Gasteiger partial charge in [0.15, 0.2) is 5.60 Å². The maximum atomic E-state index is 13.8. The summed E-state index contributed by atoms with van der Waals surface area (Å²) >= 11 is 0. The van der Waals surface area contributed by atoms with Crippen LogP contribution in [0, 0.1) is 5.92 Å². The Labute approximate surface area is 247 Å². The zero-order valence-electron chi connectivity index (χ0n) is 23.9. The van der Waals surface area contributed by atoms with E-state index in [1.165, 1.54) is 0 Å². The zero-order valence-corrected chi connectivity index (χ0v) is 23.9. The lowest BCUT2D eigenvalue weighted by atomic mass is 9.93. The summed E-state index contributed by atoms with van der Waals surface area (Å²) < 4.78 is 10.2. The molecule has 222 valence electrons. The maximum absolute atomic E-state index is 13.8. The molecule has 0 bridgehead atoms. The van der Waals surface area contributed by atoms with Gasteiger partial charge in [-0.05, 0) is 61.8 Å². The highest BCUT2D eigenvalue weighted by atomic mass is 16.6. The molecule has 3 amide bonds. The predicted octanol–water partition coefficient (Wildman–Crippen LogP) is 4.69. The van der Waals surface area contributed by atoms with E-state index in [1.807, 2.05) is 55.5 Å². The molecule has 0 radical (unpaired) electrons. The Kier molecular flexibility index (Phi) is 6.91. The van der Waals surface area contributed by atoms with Crippen molar-refractivity contribution in [2.24, 2.45) is 17.4 Å². The highest BCUT2D eigenvalue weighted by molar-refractivity contribution is 5.89. The number of likely N-dealkylation sites (tertiary alicyclic amines) is 1. The van der Waals surface area contributed by atoms with E-state index >= 15 is 0 Å². The first-order chi connectivity index (χ1) is 20.6. The lowest BCUT2D eigenvalue weighted by Crippen LogP contribution is -2.56. The second-order valence-corrected chi connectivity index (χ2v) is 11.5. The fraction of sp³-hybridized carbons (Fsp3) is 0.323. The van der Waals surface area contributed by atoms with E-state index in [-0.39, 0.29) is 17.8 Å². The number of nitrogens with one attached hydrogen (secondary N) is 2. The highest BCUT2D eigenvalue weighted by Crippen LogP contribution is 2.46. The van der Waals surface area contributed by atoms with Gasteiger partial charge in [0.25, 0.3) is 5.91 Å². The van der Waals surface area contributed by atoms with Gasteiger partial charge in [0.2, 0.25) is 0 Å². The van der Waals surface area contributed by atoms with Crippen LogP contribution in [0.4, 0.5) is 9.59 Å². The van der Waals surface area contributed by atoms with Crippen LogP contribution >= 0.6 is 0 Å². The fourth-order valence-corrected chi connectivity index (χ4v) is 5.97. The Balaban J connectivity index is 1.18. The molecule has 0 spiro atoms. The minimum atomic E-state index is -1.28. The summed E-state index contributed by atoms with van der Waals surface area (Å²) in [5.41, 5.74) is 13.9. The van der Waals surface area contributed by atoms with Gasteiger partial charge in [-0.1, -0.05) is 48.5 Å². The molecule has 12 heteroatoms. The maximum Gasteiger partial charge on any atom is 0.412 e. The van der Waals surface area contributed by atoms with E-state index < -0.39 is 23.3 Å². The van der Waals surface area contributed by atoms with Crippen LogP contribution in [0.5, 0.6) is 6.01 Å². The Hall–Kier alpha value is -5.13. The van der Waals surface area contributed by atoms with Crippen LogP contribution in [0.2, 0.25) is 0 Å². The molecule has 2 aromatic heterocycles. The van der Waals surface area contributed by atoms with Crippen molar-refractivity contribution in [2.45, 2.75) is 50.7 Å². The second kappa shape index (κ2) is 10.6. The van der Waals surface area contributed by atoms with Gasteiger partial charge in [0, 0.05) is 12.5 Å². The number of aromatic amines is 2. The second-order valence-electron chi connectivity index (χ2n) is 11.5. The fourth-order valence-electron chi connectivity index (χ4n) is 5.97. The quantitative estimate of drug-likeness (QED) is 0.232. The predicted molar refractivity (Wildman–Crippen MR) is 157 cm³/mol. The van der Waals surface area contributed by atoms with E-state index in [4.69, 9.17) is 25.9 Å². The summed E-state index contributed by atoms with van der Waals surface area (Å²) in [6.07, 6.45) is 4.68. The number of amides is 3. The SMILES string of the molecule is CC1(c2ncc(-c3ccc(-c4ccc(-c5cnc(OC(N)=O)[nH]5)cc4)cc3)[nH]2)CCCN1C(=O)[C@](C)(OC(N)=O)C1CC1. The molecule has 4 aromatic rings. The van der Waals surface area contributed by atoms with Crippen LogP contribution in [-0.2, 0) is 15.1 Å². The molecular weight excluding hydrogens is 550 g/mol. The number of hydrogen-bond donors (Lipinski definition) is 4. The molecule has 1 aliphatic heterocycles. The smallest absolute Gasteiger partial charge is 0.412 e. The van der Waals surface area contributed by atoms with E-state index in [0.717, 1.165) is 53.6 Å². The third kappa shape index (κ3) is 5.31. The summed E-state index contributed by atoms with van der Waals surface area (Å²) in [6, 6.07) is 16.1. The minimum absolute atomic E-state index is 0.0274. The van der Waals surface area contributed by atoms with Gasteiger partial charge in [-0.2, -0.15) is 0 Å². The van der Waals surface area contributed by atoms with Gasteiger partial charge < -0.3 is 35.8 Å². The lowest BCUT2D eigenvalue weighted by molar-refractivity contribution is -0.156. The molecular formula is C31H33N7O5. The molecule has 1 aliphatic carbocycles. The number of H-pyrrole nitrogens is 2. The first kappa shape index (κ1) is 28.0. The van der Waals surface area contributed by atoms with Gasteiger partial charge in [-0.25, -0.2) is 19.6 Å². The number of primary amides is 2. The van der Waals surface area contributed by atoms with Gasteiger partial charge in [-0.15, -0.1) is 0 Å². The number of ether oxygens (including phenoxy) is 2. The van der Waals surface area contributed by atoms with Crippen LogP contribution in [0.25, 0.3) is 33.6 Å². The standard InChI is InChI=1S/C31H33N7O5/c1-30(14-3-15-38(30)26(39)31(2,22-12-13-22)43-28(33)41)25-34-16-23(36-25)20-8-4-18(5-9-20)19-6-10-21(11-7-19)24-17-35-29(37-24)42-27(32)40/h4-11,16-17,22H,3,12-15H2,1-2H3,(H2,32,40)(H2,33,41)(H,34,36)(H,35,37)/t30?,31-/m1/s1. The average molecular weight is 584 g/mol. The number of nitrogens with two attached hydrogens (primary N) is 2. The van der Waals surface area contributed by atoms with Crippen molar-refractivity contribution in [1.29, 1.82) is 0 Å². The van der Waals surface area contributed by atoms with Gasteiger partial charge >= 0.3 is 18.2 Å². The molecule has 2 aliphatic rings. The summed E-state index contributed by atoms with van der Waals surface area (Å²) in [4.78, 5) is 53.2. The van der Waals surface area contributed by atoms with Crippen molar-refractivity contribution < 1.29 is 23.9 Å². The van der Waals surface area contributed by atoms with Gasteiger partial charge in [0.05, 0.1) is 29.3 Å². The molecule has 12 nitrogen and oxygen atoms in total. The number of benzene rings is 2. The summed E-state index contributed by atoms with van der Waals surface area (Å²) in [5.74, 6) is 0.433. The number of aromatic nitrogens is 4. The van der Waals surface area contributed by atoms with Crippen molar-refractivity contribution >= 4 is 18.1 Å². The highest BCUT2D eigenvalue weighted by Gasteiger charge is 2.56. The van der Waals surface area contributed by atoms with E-state index in [0.29, 0.717) is 18.1 Å². The van der Waals surface area contributed by atoms with Crippen molar-refractivity contribution in [1.82, 2.24) is 24.8 Å². The Morgan fingerprint density at radius 1 is 0.884 bits per heavy atom. The molecule has 2 aromatic carbocycles. The van der Waals surface area contributed by atoms with E-state index in [9.17, 15) is 14.4 Å². The minimum Gasteiger partial charge on any atom is -0.433 e. The number of rotatable bonds is 8. The molecule has 1 unspecified atom stereocenters. The molecule has 1 saturated heterocycles. The zero-order chi connectivity index (χ0) is 30.4. The third-order valence-corrected chi connectivity index (χ3v) is 8.54. The van der Waals surface area contributed by atoms with Crippen molar-refractivity contribution in [3.8, 4) is 39.7 Å². The molecule has 6 N–H and O–H groups in total.